The van der Waals surface area contributed by atoms with Crippen LogP contribution < -0.4 is 5.32 Å². The minimum Gasteiger partial charge on any atom is -0.306 e. The first-order valence-electron chi connectivity index (χ1n) is 6.58. The highest BCUT2D eigenvalue weighted by Crippen LogP contribution is 2.27. The zero-order valence-corrected chi connectivity index (χ0v) is 11.7. The summed E-state index contributed by atoms with van der Waals surface area (Å²) in [6, 6.07) is 5.01. The molecule has 1 atom stereocenters. The normalized spacial score (nSPS) is 12.5. The van der Waals surface area contributed by atoms with Crippen molar-refractivity contribution in [2.45, 2.75) is 19.9 Å². The summed E-state index contributed by atoms with van der Waals surface area (Å²) < 4.78 is 54.0. The molecule has 0 aliphatic carbocycles. The second-order valence-corrected chi connectivity index (χ2v) is 4.79. The molecule has 112 valence electrons. The molecule has 2 aromatic rings. The molecule has 0 aromatic heterocycles. The average molecular weight is 297 g/mol. The van der Waals surface area contributed by atoms with Gasteiger partial charge in [-0.2, -0.15) is 0 Å². The Labute approximate surface area is 120 Å². The largest absolute Gasteiger partial charge is 0.306 e. The first kappa shape index (κ1) is 15.5. The van der Waals surface area contributed by atoms with Crippen molar-refractivity contribution in [2.24, 2.45) is 0 Å². The highest BCUT2D eigenvalue weighted by molar-refractivity contribution is 5.35. The standard InChI is InChI=1S/C16H15F4N/c1-3-21-16(10-5-4-9(2)12(17)6-10)11-7-14(19)15(20)8-13(11)18/h4-8,16,21H,3H2,1-2H3. The van der Waals surface area contributed by atoms with Gasteiger partial charge in [-0.3, -0.25) is 0 Å². The molecule has 0 bridgehead atoms. The van der Waals surface area contributed by atoms with Crippen molar-refractivity contribution in [1.29, 1.82) is 0 Å². The molecule has 1 unspecified atom stereocenters. The molecule has 0 saturated carbocycles. The van der Waals surface area contributed by atoms with Gasteiger partial charge in [-0.1, -0.05) is 19.1 Å². The second kappa shape index (κ2) is 6.26. The molecule has 0 radical (unpaired) electrons. The number of benzene rings is 2. The quantitative estimate of drug-likeness (QED) is 0.657. The molecule has 0 spiro atoms. The monoisotopic (exact) mass is 297 g/mol. The lowest BCUT2D eigenvalue weighted by atomic mass is 9.96. The van der Waals surface area contributed by atoms with E-state index >= 15 is 0 Å². The minimum atomic E-state index is -1.25. The van der Waals surface area contributed by atoms with Crippen LogP contribution in [0, 0.1) is 30.2 Å². The van der Waals surface area contributed by atoms with Gasteiger partial charge in [0.15, 0.2) is 11.6 Å². The molecule has 1 N–H and O–H groups in total. The summed E-state index contributed by atoms with van der Waals surface area (Å²) in [4.78, 5) is 0. The third-order valence-electron chi connectivity index (χ3n) is 3.29. The SMILES string of the molecule is CCNC(c1ccc(C)c(F)c1)c1cc(F)c(F)cc1F. The Morgan fingerprint density at radius 3 is 2.19 bits per heavy atom. The molecule has 0 aliphatic heterocycles. The van der Waals surface area contributed by atoms with E-state index in [1.807, 2.05) is 0 Å². The van der Waals surface area contributed by atoms with Crippen molar-refractivity contribution in [3.05, 3.63) is 70.3 Å². The van der Waals surface area contributed by atoms with Gasteiger partial charge in [0.05, 0.1) is 6.04 Å². The van der Waals surface area contributed by atoms with Gasteiger partial charge in [0, 0.05) is 11.6 Å². The number of hydrogen-bond donors (Lipinski definition) is 1. The van der Waals surface area contributed by atoms with E-state index < -0.39 is 29.3 Å². The molecule has 5 heteroatoms. The number of rotatable bonds is 4. The van der Waals surface area contributed by atoms with Gasteiger partial charge in [0.25, 0.3) is 0 Å². The van der Waals surface area contributed by atoms with Crippen LogP contribution in [-0.2, 0) is 0 Å². The minimum absolute atomic E-state index is 0.0565. The van der Waals surface area contributed by atoms with Gasteiger partial charge >= 0.3 is 0 Å². The lowest BCUT2D eigenvalue weighted by molar-refractivity contribution is 0.480. The van der Waals surface area contributed by atoms with Crippen LogP contribution in [0.1, 0.15) is 29.7 Å². The fraction of sp³-hybridized carbons (Fsp3) is 0.250. The Bertz CT molecular complexity index is 655. The molecule has 1 nitrogen and oxygen atoms in total. The fourth-order valence-corrected chi connectivity index (χ4v) is 2.16. The Kier molecular flexibility index (Phi) is 4.63. The Morgan fingerprint density at radius 1 is 0.905 bits per heavy atom. The van der Waals surface area contributed by atoms with Crippen molar-refractivity contribution in [3.8, 4) is 0 Å². The third kappa shape index (κ3) is 3.24. The van der Waals surface area contributed by atoms with Crippen LogP contribution >= 0.6 is 0 Å². The molecular weight excluding hydrogens is 282 g/mol. The molecule has 21 heavy (non-hydrogen) atoms. The van der Waals surface area contributed by atoms with Gasteiger partial charge in [0.1, 0.15) is 11.6 Å². The predicted octanol–water partition coefficient (Wildman–Crippen LogP) is 4.25. The first-order chi connectivity index (χ1) is 9.93. The van der Waals surface area contributed by atoms with E-state index in [0.29, 0.717) is 23.7 Å². The molecule has 0 fully saturated rings. The zero-order valence-electron chi connectivity index (χ0n) is 11.7. The maximum Gasteiger partial charge on any atom is 0.161 e. The van der Waals surface area contributed by atoms with Crippen molar-refractivity contribution < 1.29 is 17.6 Å². The summed E-state index contributed by atoms with van der Waals surface area (Å²) in [5.41, 5.74) is 0.851. The van der Waals surface area contributed by atoms with Gasteiger partial charge in [0.2, 0.25) is 0 Å². The van der Waals surface area contributed by atoms with E-state index in [-0.39, 0.29) is 5.56 Å². The Balaban J connectivity index is 2.52. The number of aryl methyl sites for hydroxylation is 1. The third-order valence-corrected chi connectivity index (χ3v) is 3.29. The number of hydrogen-bond acceptors (Lipinski definition) is 1. The molecule has 0 heterocycles. The van der Waals surface area contributed by atoms with E-state index in [1.54, 1.807) is 26.0 Å². The summed E-state index contributed by atoms with van der Waals surface area (Å²) in [5.74, 6) is -3.69. The van der Waals surface area contributed by atoms with Gasteiger partial charge in [-0.15, -0.1) is 0 Å². The van der Waals surface area contributed by atoms with Crippen LogP contribution in [0.15, 0.2) is 30.3 Å². The predicted molar refractivity (Wildman–Crippen MR) is 73.0 cm³/mol. The van der Waals surface area contributed by atoms with Crippen molar-refractivity contribution >= 4 is 0 Å². The Hall–Kier alpha value is -1.88. The van der Waals surface area contributed by atoms with Crippen LogP contribution in [-0.4, -0.2) is 6.54 Å². The summed E-state index contributed by atoms with van der Waals surface area (Å²) in [6.07, 6.45) is 0. The highest BCUT2D eigenvalue weighted by Gasteiger charge is 2.20. The maximum atomic E-state index is 13.9. The molecule has 0 amide bonds. The van der Waals surface area contributed by atoms with Crippen molar-refractivity contribution in [3.63, 3.8) is 0 Å². The number of halogens is 4. The fourth-order valence-electron chi connectivity index (χ4n) is 2.16. The first-order valence-corrected chi connectivity index (χ1v) is 6.58. The summed E-state index contributed by atoms with van der Waals surface area (Å²) in [7, 11) is 0. The van der Waals surface area contributed by atoms with Crippen LogP contribution in [0.2, 0.25) is 0 Å². The maximum absolute atomic E-state index is 13.9. The lowest BCUT2D eigenvalue weighted by Crippen LogP contribution is -2.23. The van der Waals surface area contributed by atoms with E-state index in [9.17, 15) is 17.6 Å². The molecule has 0 aliphatic rings. The van der Waals surface area contributed by atoms with E-state index in [2.05, 4.69) is 5.32 Å². The summed E-state index contributed by atoms with van der Waals surface area (Å²) in [5, 5.41) is 2.95. The van der Waals surface area contributed by atoms with Crippen molar-refractivity contribution in [1.82, 2.24) is 5.32 Å². The van der Waals surface area contributed by atoms with E-state index in [1.165, 1.54) is 6.07 Å². The molecule has 2 rings (SSSR count). The van der Waals surface area contributed by atoms with Crippen LogP contribution in [0.4, 0.5) is 17.6 Å². The average Bonchev–Trinajstić information content (AvgIpc) is 2.44. The van der Waals surface area contributed by atoms with Crippen molar-refractivity contribution in [2.75, 3.05) is 6.54 Å². The smallest absolute Gasteiger partial charge is 0.161 e. The molecule has 2 aromatic carbocycles. The van der Waals surface area contributed by atoms with Gasteiger partial charge < -0.3 is 5.32 Å². The van der Waals surface area contributed by atoms with Crippen LogP contribution in [0.25, 0.3) is 0 Å². The molecular formula is C16H15F4N. The van der Waals surface area contributed by atoms with E-state index in [4.69, 9.17) is 0 Å². The Morgan fingerprint density at radius 2 is 1.57 bits per heavy atom. The second-order valence-electron chi connectivity index (χ2n) is 4.79. The topological polar surface area (TPSA) is 12.0 Å². The van der Waals surface area contributed by atoms with Gasteiger partial charge in [-0.05, 0) is 36.7 Å². The lowest BCUT2D eigenvalue weighted by Gasteiger charge is -2.20. The number of nitrogens with one attached hydrogen (secondary N) is 1. The van der Waals surface area contributed by atoms with Crippen LogP contribution in [0.5, 0.6) is 0 Å². The molecule has 0 saturated heterocycles. The highest BCUT2D eigenvalue weighted by atomic mass is 19.2. The summed E-state index contributed by atoms with van der Waals surface area (Å²) in [6.45, 7) is 3.85. The van der Waals surface area contributed by atoms with E-state index in [0.717, 1.165) is 6.07 Å². The summed E-state index contributed by atoms with van der Waals surface area (Å²) >= 11 is 0. The van der Waals surface area contributed by atoms with Gasteiger partial charge in [-0.25, -0.2) is 17.6 Å². The zero-order chi connectivity index (χ0) is 15.6. The van der Waals surface area contributed by atoms with Crippen LogP contribution in [0.3, 0.4) is 0 Å².